The molecule has 0 fully saturated rings. The third-order valence-electron chi connectivity index (χ3n) is 2.64. The monoisotopic (exact) mass is 243 g/mol. The van der Waals surface area contributed by atoms with Gasteiger partial charge in [-0.05, 0) is 41.8 Å². The zero-order valence-electron chi connectivity index (χ0n) is 10.2. The van der Waals surface area contributed by atoms with E-state index in [1.807, 2.05) is 18.2 Å². The molecule has 1 nitrogen and oxygen atoms in total. The van der Waals surface area contributed by atoms with Gasteiger partial charge < -0.3 is 5.73 Å². The predicted octanol–water partition coefficient (Wildman–Crippen LogP) is 4.54. The minimum Gasteiger partial charge on any atom is -0.399 e. The highest BCUT2D eigenvalue weighted by Crippen LogP contribution is 2.29. The van der Waals surface area contributed by atoms with Crippen molar-refractivity contribution in [2.24, 2.45) is 0 Å². The normalized spacial score (nSPS) is 10.8. The van der Waals surface area contributed by atoms with Gasteiger partial charge in [0.15, 0.2) is 0 Å². The molecule has 2 rings (SSSR count). The third kappa shape index (κ3) is 3.27. The first-order chi connectivity index (χ1) is 8.15. The summed E-state index contributed by atoms with van der Waals surface area (Å²) in [5.41, 5.74) is 7.95. The van der Waals surface area contributed by atoms with Crippen molar-refractivity contribution < 1.29 is 0 Å². The second kappa shape index (κ2) is 5.28. The third-order valence-corrected chi connectivity index (χ3v) is 3.64. The number of nitrogens with two attached hydrogens (primary N) is 1. The molecule has 2 N–H and O–H groups in total. The van der Waals surface area contributed by atoms with Crippen LogP contribution in [0.1, 0.15) is 25.3 Å². The van der Waals surface area contributed by atoms with Crippen molar-refractivity contribution in [1.82, 2.24) is 0 Å². The van der Waals surface area contributed by atoms with Gasteiger partial charge in [0.05, 0.1) is 0 Å². The van der Waals surface area contributed by atoms with Gasteiger partial charge in [-0.2, -0.15) is 0 Å². The summed E-state index contributed by atoms with van der Waals surface area (Å²) in [6.07, 6.45) is 0. The van der Waals surface area contributed by atoms with Gasteiger partial charge in [-0.1, -0.05) is 43.8 Å². The Morgan fingerprint density at radius 3 is 2.24 bits per heavy atom. The van der Waals surface area contributed by atoms with Crippen LogP contribution in [0, 0.1) is 0 Å². The number of nitrogen functional groups attached to an aromatic ring is 1. The Kier molecular flexibility index (Phi) is 3.75. The minimum atomic E-state index is 0.585. The van der Waals surface area contributed by atoms with Crippen molar-refractivity contribution in [3.63, 3.8) is 0 Å². The molecule has 2 aromatic carbocycles. The molecule has 0 spiro atoms. The number of anilines is 1. The van der Waals surface area contributed by atoms with Gasteiger partial charge in [0.2, 0.25) is 0 Å². The van der Waals surface area contributed by atoms with E-state index in [0.717, 1.165) is 5.69 Å². The van der Waals surface area contributed by atoms with Crippen molar-refractivity contribution in [2.45, 2.75) is 29.6 Å². The molecule has 2 aromatic rings. The van der Waals surface area contributed by atoms with Crippen LogP contribution in [0.5, 0.6) is 0 Å². The fourth-order valence-corrected chi connectivity index (χ4v) is 2.52. The van der Waals surface area contributed by atoms with Gasteiger partial charge in [0.25, 0.3) is 0 Å². The average Bonchev–Trinajstić information content (AvgIpc) is 2.29. The zero-order chi connectivity index (χ0) is 12.3. The van der Waals surface area contributed by atoms with Gasteiger partial charge in [-0.15, -0.1) is 0 Å². The molecular formula is C15H17NS. The average molecular weight is 243 g/mol. The smallest absolute Gasteiger partial charge is 0.0325 e. The first kappa shape index (κ1) is 12.1. The summed E-state index contributed by atoms with van der Waals surface area (Å²) in [4.78, 5) is 2.43. The molecule has 0 aliphatic carbocycles. The van der Waals surface area contributed by atoms with Crippen LogP contribution >= 0.6 is 11.8 Å². The Hall–Kier alpha value is -1.41. The molecule has 88 valence electrons. The van der Waals surface area contributed by atoms with Crippen LogP contribution in [0.3, 0.4) is 0 Å². The number of hydrogen-bond acceptors (Lipinski definition) is 2. The summed E-state index contributed by atoms with van der Waals surface area (Å²) in [5, 5.41) is 0. The largest absolute Gasteiger partial charge is 0.399 e. The summed E-state index contributed by atoms with van der Waals surface area (Å²) in [6.45, 7) is 4.42. The van der Waals surface area contributed by atoms with Gasteiger partial charge in [0, 0.05) is 15.5 Å². The van der Waals surface area contributed by atoms with Crippen LogP contribution in [0.15, 0.2) is 58.3 Å². The van der Waals surface area contributed by atoms with Crippen LogP contribution in [-0.4, -0.2) is 0 Å². The minimum absolute atomic E-state index is 0.585. The van der Waals surface area contributed by atoms with E-state index in [4.69, 9.17) is 5.73 Å². The molecule has 0 aliphatic heterocycles. The Morgan fingerprint density at radius 1 is 0.941 bits per heavy atom. The van der Waals surface area contributed by atoms with Crippen LogP contribution < -0.4 is 5.73 Å². The van der Waals surface area contributed by atoms with Gasteiger partial charge in [-0.3, -0.25) is 0 Å². The van der Waals surface area contributed by atoms with Gasteiger partial charge >= 0.3 is 0 Å². The quantitative estimate of drug-likeness (QED) is 0.801. The van der Waals surface area contributed by atoms with Crippen molar-refractivity contribution >= 4 is 17.4 Å². The van der Waals surface area contributed by atoms with Crippen molar-refractivity contribution in [1.29, 1.82) is 0 Å². The molecule has 0 atom stereocenters. The number of benzene rings is 2. The molecule has 2 heteroatoms. The predicted molar refractivity (Wildman–Crippen MR) is 75.5 cm³/mol. The van der Waals surface area contributed by atoms with E-state index in [2.05, 4.69) is 44.2 Å². The molecule has 0 aromatic heterocycles. The zero-order valence-corrected chi connectivity index (χ0v) is 11.0. The first-order valence-electron chi connectivity index (χ1n) is 5.78. The molecule has 0 amide bonds. The van der Waals surface area contributed by atoms with Crippen LogP contribution in [-0.2, 0) is 0 Å². The fourth-order valence-electron chi connectivity index (χ4n) is 1.63. The lowest BCUT2D eigenvalue weighted by atomic mass is 10.0. The maximum Gasteiger partial charge on any atom is 0.0325 e. The molecule has 0 saturated carbocycles. The van der Waals surface area contributed by atoms with Crippen LogP contribution in [0.2, 0.25) is 0 Å². The molecule has 0 aliphatic rings. The topological polar surface area (TPSA) is 26.0 Å². The SMILES string of the molecule is CC(C)c1ccc(Sc2cccc(N)c2)cc1. The van der Waals surface area contributed by atoms with E-state index in [0.29, 0.717) is 5.92 Å². The molecule has 0 heterocycles. The highest BCUT2D eigenvalue weighted by molar-refractivity contribution is 7.99. The lowest BCUT2D eigenvalue weighted by Crippen LogP contribution is -1.86. The molecule has 0 saturated heterocycles. The summed E-state index contributed by atoms with van der Waals surface area (Å²) in [6, 6.07) is 16.7. The van der Waals surface area contributed by atoms with Crippen molar-refractivity contribution in [3.8, 4) is 0 Å². The van der Waals surface area contributed by atoms with E-state index in [9.17, 15) is 0 Å². The summed E-state index contributed by atoms with van der Waals surface area (Å²) in [7, 11) is 0. The number of hydrogen-bond donors (Lipinski definition) is 1. The van der Waals surface area contributed by atoms with E-state index < -0.39 is 0 Å². The van der Waals surface area contributed by atoms with Gasteiger partial charge in [0.1, 0.15) is 0 Å². The summed E-state index contributed by atoms with van der Waals surface area (Å²) < 4.78 is 0. The Bertz CT molecular complexity index is 489. The van der Waals surface area contributed by atoms with E-state index in [1.165, 1.54) is 15.4 Å². The van der Waals surface area contributed by atoms with Crippen molar-refractivity contribution in [3.05, 3.63) is 54.1 Å². The number of rotatable bonds is 3. The lowest BCUT2D eigenvalue weighted by Gasteiger charge is -2.07. The maximum absolute atomic E-state index is 5.76. The molecule has 0 bridgehead atoms. The van der Waals surface area contributed by atoms with E-state index >= 15 is 0 Å². The second-order valence-corrected chi connectivity index (χ2v) is 5.55. The molecule has 17 heavy (non-hydrogen) atoms. The first-order valence-corrected chi connectivity index (χ1v) is 6.60. The second-order valence-electron chi connectivity index (χ2n) is 4.40. The Balaban J connectivity index is 2.14. The lowest BCUT2D eigenvalue weighted by molar-refractivity contribution is 0.865. The highest BCUT2D eigenvalue weighted by Gasteiger charge is 2.00. The van der Waals surface area contributed by atoms with E-state index in [1.54, 1.807) is 11.8 Å². The van der Waals surface area contributed by atoms with Crippen molar-refractivity contribution in [2.75, 3.05) is 5.73 Å². The summed E-state index contributed by atoms with van der Waals surface area (Å²) in [5.74, 6) is 0.585. The Labute approximate surface area is 107 Å². The highest BCUT2D eigenvalue weighted by atomic mass is 32.2. The van der Waals surface area contributed by atoms with E-state index in [-0.39, 0.29) is 0 Å². The molecule has 0 radical (unpaired) electrons. The summed E-state index contributed by atoms with van der Waals surface area (Å²) >= 11 is 1.74. The fraction of sp³-hybridized carbons (Fsp3) is 0.200. The van der Waals surface area contributed by atoms with Crippen LogP contribution in [0.4, 0.5) is 5.69 Å². The Morgan fingerprint density at radius 2 is 1.65 bits per heavy atom. The maximum atomic E-state index is 5.76. The molecule has 0 unspecified atom stereocenters. The standard InChI is InChI=1S/C15H17NS/c1-11(2)12-6-8-14(9-7-12)17-15-5-3-4-13(16)10-15/h3-11H,16H2,1-2H3. The van der Waals surface area contributed by atoms with Gasteiger partial charge in [-0.25, -0.2) is 0 Å². The molecular weight excluding hydrogens is 226 g/mol. The van der Waals surface area contributed by atoms with Crippen LogP contribution in [0.25, 0.3) is 0 Å².